The van der Waals surface area contributed by atoms with E-state index in [9.17, 15) is 16.8 Å². The highest BCUT2D eigenvalue weighted by Gasteiger charge is 2.21. The fourth-order valence-electron chi connectivity index (χ4n) is 2.28. The summed E-state index contributed by atoms with van der Waals surface area (Å²) in [5.74, 6) is -0.168. The summed E-state index contributed by atoms with van der Waals surface area (Å²) in [5.41, 5.74) is 8.18. The van der Waals surface area contributed by atoms with Crippen molar-refractivity contribution in [1.29, 1.82) is 0 Å². The molecule has 2 aromatic carbocycles. The zero-order chi connectivity index (χ0) is 23.1. The number of hydroxylamine groups is 1. The predicted molar refractivity (Wildman–Crippen MR) is 111 cm³/mol. The van der Waals surface area contributed by atoms with Gasteiger partial charge in [-0.1, -0.05) is 12.1 Å². The van der Waals surface area contributed by atoms with Gasteiger partial charge in [0.1, 0.15) is 4.90 Å². The Morgan fingerprint density at radius 1 is 1.06 bits per heavy atom. The van der Waals surface area contributed by atoms with E-state index in [1.54, 1.807) is 19.1 Å². The third-order valence-electron chi connectivity index (χ3n) is 3.75. The summed E-state index contributed by atoms with van der Waals surface area (Å²) in [5, 5.41) is 11.0. The minimum atomic E-state index is -4.31. The van der Waals surface area contributed by atoms with Crippen molar-refractivity contribution in [3.05, 3.63) is 48.0 Å². The van der Waals surface area contributed by atoms with Gasteiger partial charge in [0.25, 0.3) is 5.96 Å². The molecule has 0 radical (unpaired) electrons. The van der Waals surface area contributed by atoms with E-state index in [-0.39, 0.29) is 40.5 Å². The third-order valence-corrected chi connectivity index (χ3v) is 6.09. The van der Waals surface area contributed by atoms with Crippen molar-refractivity contribution >= 4 is 25.9 Å². The summed E-state index contributed by atoms with van der Waals surface area (Å²) < 4.78 is 59.6. The van der Waals surface area contributed by atoms with Crippen molar-refractivity contribution in [2.24, 2.45) is 10.9 Å². The van der Waals surface area contributed by atoms with Gasteiger partial charge in [-0.15, -0.1) is 0 Å². The number of nitrogens with one attached hydrogen (secondary N) is 1. The molecular formula is C18H23N3O8S2. The molecule has 0 atom stereocenters. The summed E-state index contributed by atoms with van der Waals surface area (Å²) in [6, 6.07) is 9.59. The van der Waals surface area contributed by atoms with E-state index in [0.717, 1.165) is 17.9 Å². The summed E-state index contributed by atoms with van der Waals surface area (Å²) >= 11 is 0. The Bertz CT molecular complexity index is 1150. The van der Waals surface area contributed by atoms with Gasteiger partial charge in [-0.2, -0.15) is 8.42 Å². The molecule has 0 aliphatic heterocycles. The first kappa shape index (κ1) is 24.2. The molecular weight excluding hydrogens is 450 g/mol. The van der Waals surface area contributed by atoms with Crippen LogP contribution < -0.4 is 20.1 Å². The van der Waals surface area contributed by atoms with Crippen LogP contribution in [-0.4, -0.2) is 47.5 Å². The molecule has 0 fully saturated rings. The smallest absolute Gasteiger partial charge is 0.339 e. The highest BCUT2D eigenvalue weighted by Crippen LogP contribution is 2.31. The van der Waals surface area contributed by atoms with Crippen LogP contribution in [0.1, 0.15) is 12.0 Å². The van der Waals surface area contributed by atoms with E-state index in [2.05, 4.69) is 10.6 Å². The van der Waals surface area contributed by atoms with Gasteiger partial charge >= 0.3 is 10.1 Å². The summed E-state index contributed by atoms with van der Waals surface area (Å²) in [4.78, 5) is 4.49. The fraction of sp³-hybridized carbons (Fsp3) is 0.278. The number of benzene rings is 2. The first-order valence-corrected chi connectivity index (χ1v) is 12.2. The van der Waals surface area contributed by atoms with Crippen LogP contribution in [-0.2, 0) is 24.8 Å². The average molecular weight is 474 g/mol. The number of ether oxygens (including phenoxy) is 1. The monoisotopic (exact) mass is 473 g/mol. The average Bonchev–Trinajstić information content (AvgIpc) is 2.71. The lowest BCUT2D eigenvalue weighted by Crippen LogP contribution is -2.32. The molecule has 2 aromatic rings. The van der Waals surface area contributed by atoms with Crippen molar-refractivity contribution in [3.8, 4) is 11.5 Å². The normalized spacial score (nSPS) is 12.4. The summed E-state index contributed by atoms with van der Waals surface area (Å²) in [7, 11) is -7.90. The molecule has 0 saturated carbocycles. The molecule has 0 aromatic heterocycles. The van der Waals surface area contributed by atoms with Gasteiger partial charge in [0.05, 0.1) is 18.1 Å². The molecule has 0 unspecified atom stereocenters. The number of guanidine groups is 1. The number of sulfone groups is 1. The van der Waals surface area contributed by atoms with Crippen LogP contribution >= 0.6 is 0 Å². The van der Waals surface area contributed by atoms with Crippen LogP contribution in [0.25, 0.3) is 0 Å². The molecule has 0 aliphatic rings. The lowest BCUT2D eigenvalue weighted by molar-refractivity contribution is 0.0712. The highest BCUT2D eigenvalue weighted by molar-refractivity contribution is 7.90. The Kier molecular flexibility index (Phi) is 8.08. The Labute approximate surface area is 180 Å². The van der Waals surface area contributed by atoms with Gasteiger partial charge in [-0.25, -0.2) is 13.9 Å². The summed E-state index contributed by atoms with van der Waals surface area (Å²) in [6.45, 7) is 2.11. The van der Waals surface area contributed by atoms with Crippen molar-refractivity contribution in [3.63, 3.8) is 0 Å². The van der Waals surface area contributed by atoms with Crippen LogP contribution in [0.2, 0.25) is 0 Å². The van der Waals surface area contributed by atoms with E-state index >= 15 is 0 Å². The van der Waals surface area contributed by atoms with Crippen LogP contribution in [0.4, 0.5) is 0 Å². The molecule has 11 nitrogen and oxygen atoms in total. The van der Waals surface area contributed by atoms with E-state index in [4.69, 9.17) is 24.7 Å². The van der Waals surface area contributed by atoms with E-state index in [0.29, 0.717) is 6.42 Å². The standard InChI is InChI=1S/C18H23N3O8S2/c1-13-7-8-16(17(11-13)27-9-4-10-28-21-18(19)20-22)29-31(25,26)15-6-3-5-14(12-15)30(2,23)24/h3,5-8,11-12,22H,4,9-10H2,1-2H3,(H3,19,20,21). The number of oxime groups is 1. The molecule has 0 heterocycles. The molecule has 4 N–H and O–H groups in total. The molecule has 13 heteroatoms. The van der Waals surface area contributed by atoms with Gasteiger partial charge in [-0.05, 0) is 48.0 Å². The fourth-order valence-corrected chi connectivity index (χ4v) is 4.01. The molecule has 0 aliphatic carbocycles. The topological polar surface area (TPSA) is 167 Å². The first-order valence-electron chi connectivity index (χ1n) is 8.86. The molecule has 2 rings (SSSR count). The zero-order valence-electron chi connectivity index (χ0n) is 16.8. The Balaban J connectivity index is 2.11. The van der Waals surface area contributed by atoms with Gasteiger partial charge in [0, 0.05) is 12.7 Å². The third kappa shape index (κ3) is 7.31. The predicted octanol–water partition coefficient (Wildman–Crippen LogP) is 1.16. The number of nitrogens with two attached hydrogens (primary N) is 1. The minimum Gasteiger partial charge on any atom is -0.490 e. The van der Waals surface area contributed by atoms with Gasteiger partial charge in [0.15, 0.2) is 21.3 Å². The first-order chi connectivity index (χ1) is 14.5. The van der Waals surface area contributed by atoms with E-state index in [1.165, 1.54) is 24.3 Å². The quantitative estimate of drug-likeness (QED) is 0.114. The van der Waals surface area contributed by atoms with E-state index in [1.807, 2.05) is 0 Å². The maximum Gasteiger partial charge on any atom is 0.339 e. The minimum absolute atomic E-state index is 0.0499. The second-order valence-electron chi connectivity index (χ2n) is 6.37. The van der Waals surface area contributed by atoms with Crippen molar-refractivity contribution < 1.29 is 35.8 Å². The Morgan fingerprint density at radius 2 is 1.77 bits per heavy atom. The maximum absolute atomic E-state index is 12.7. The van der Waals surface area contributed by atoms with E-state index < -0.39 is 20.0 Å². The second-order valence-corrected chi connectivity index (χ2v) is 9.93. The lowest BCUT2D eigenvalue weighted by atomic mass is 10.2. The number of hydrogen-bond donors (Lipinski definition) is 3. The Hall–Kier alpha value is -3.03. The molecule has 0 spiro atoms. The van der Waals surface area contributed by atoms with Crippen molar-refractivity contribution in [2.75, 3.05) is 19.5 Å². The molecule has 170 valence electrons. The zero-order valence-corrected chi connectivity index (χ0v) is 18.4. The maximum atomic E-state index is 12.7. The van der Waals surface area contributed by atoms with Crippen LogP contribution in [0, 0.1) is 6.92 Å². The number of aryl methyl sites for hydroxylation is 1. The lowest BCUT2D eigenvalue weighted by Gasteiger charge is -2.14. The molecule has 0 amide bonds. The molecule has 0 bridgehead atoms. The number of rotatable bonds is 10. The number of nitrogens with zero attached hydrogens (tertiary/aromatic N) is 1. The van der Waals surface area contributed by atoms with Crippen molar-refractivity contribution in [2.45, 2.75) is 23.1 Å². The highest BCUT2D eigenvalue weighted by atomic mass is 32.2. The SMILES string of the molecule is Cc1ccc(OS(=O)(=O)c2cccc(S(C)(=O)=O)c2)c(OCCCON/C(N)=N/O)c1. The van der Waals surface area contributed by atoms with Crippen LogP contribution in [0.3, 0.4) is 0 Å². The van der Waals surface area contributed by atoms with Gasteiger partial charge < -0.3 is 19.9 Å². The van der Waals surface area contributed by atoms with Crippen LogP contribution in [0.5, 0.6) is 11.5 Å². The van der Waals surface area contributed by atoms with Gasteiger partial charge in [0.2, 0.25) is 0 Å². The molecule has 31 heavy (non-hydrogen) atoms. The van der Waals surface area contributed by atoms with Crippen LogP contribution in [0.15, 0.2) is 57.4 Å². The van der Waals surface area contributed by atoms with Crippen molar-refractivity contribution in [1.82, 2.24) is 5.48 Å². The summed E-state index contributed by atoms with van der Waals surface area (Å²) in [6.07, 6.45) is 1.37. The Morgan fingerprint density at radius 3 is 2.45 bits per heavy atom. The number of hydrogen-bond acceptors (Lipinski definition) is 9. The molecule has 0 saturated heterocycles. The second kappa shape index (κ2) is 10.3. The largest absolute Gasteiger partial charge is 0.490 e. The van der Waals surface area contributed by atoms with Gasteiger partial charge in [-0.3, -0.25) is 4.84 Å².